The Bertz CT molecular complexity index is 998. The maximum atomic E-state index is 13.0. The minimum atomic E-state index is -0.605. The molecule has 1 N–H and O–H groups in total. The van der Waals surface area contributed by atoms with Crippen molar-refractivity contribution in [1.29, 1.82) is 0 Å². The zero-order valence-corrected chi connectivity index (χ0v) is 20.9. The lowest BCUT2D eigenvalue weighted by molar-refractivity contribution is -0.130. The molecule has 1 aliphatic carbocycles. The van der Waals surface area contributed by atoms with E-state index in [4.69, 9.17) is 0 Å². The van der Waals surface area contributed by atoms with Crippen LogP contribution in [-0.4, -0.2) is 58.8 Å². The van der Waals surface area contributed by atoms with E-state index in [1.165, 1.54) is 11.9 Å². The molecule has 7 nitrogen and oxygen atoms in total. The van der Waals surface area contributed by atoms with E-state index in [1.54, 1.807) is 12.4 Å². The number of anilines is 1. The molecule has 2 aliphatic rings. The predicted octanol–water partition coefficient (Wildman–Crippen LogP) is 4.08. The second-order valence-electron chi connectivity index (χ2n) is 11.0. The van der Waals surface area contributed by atoms with E-state index >= 15 is 0 Å². The normalized spacial score (nSPS) is 25.2. The topological polar surface area (TPSA) is 78.4 Å². The molecule has 1 aromatic heterocycles. The van der Waals surface area contributed by atoms with E-state index in [9.17, 15) is 9.59 Å². The van der Waals surface area contributed by atoms with Gasteiger partial charge in [0.2, 0.25) is 11.8 Å². The zero-order chi connectivity index (χ0) is 24.4. The van der Waals surface area contributed by atoms with Crippen LogP contribution in [0.5, 0.6) is 0 Å². The van der Waals surface area contributed by atoms with Gasteiger partial charge in [0.25, 0.3) is 0 Å². The molecule has 0 radical (unpaired) electrons. The first kappa shape index (κ1) is 24.3. The summed E-state index contributed by atoms with van der Waals surface area (Å²) < 4.78 is 0. The molecule has 1 aromatic carbocycles. The van der Waals surface area contributed by atoms with Crippen LogP contribution in [0.4, 0.5) is 5.69 Å². The maximum absolute atomic E-state index is 13.0. The van der Waals surface area contributed by atoms with Crippen LogP contribution >= 0.6 is 0 Å². The van der Waals surface area contributed by atoms with Gasteiger partial charge < -0.3 is 10.2 Å². The Labute approximate surface area is 203 Å². The van der Waals surface area contributed by atoms with Crippen molar-refractivity contribution >= 4 is 17.5 Å². The molecule has 1 aliphatic heterocycles. The Kier molecular flexibility index (Phi) is 6.76. The fourth-order valence-corrected chi connectivity index (χ4v) is 5.65. The number of benzene rings is 1. The minimum absolute atomic E-state index is 0.0320. The van der Waals surface area contributed by atoms with Gasteiger partial charge >= 0.3 is 0 Å². The Morgan fingerprint density at radius 2 is 1.74 bits per heavy atom. The molecular formula is C27H37N5O2. The van der Waals surface area contributed by atoms with Crippen molar-refractivity contribution in [3.63, 3.8) is 0 Å². The summed E-state index contributed by atoms with van der Waals surface area (Å²) in [7, 11) is 4.34. The smallest absolute Gasteiger partial charge is 0.230 e. The zero-order valence-electron chi connectivity index (χ0n) is 20.9. The van der Waals surface area contributed by atoms with Gasteiger partial charge in [-0.25, -0.2) is 9.97 Å². The van der Waals surface area contributed by atoms with Crippen molar-refractivity contribution in [3.05, 3.63) is 54.6 Å². The molecule has 34 heavy (non-hydrogen) atoms. The fourth-order valence-electron chi connectivity index (χ4n) is 5.65. The molecule has 2 fully saturated rings. The van der Waals surface area contributed by atoms with E-state index in [0.717, 1.165) is 32.2 Å². The van der Waals surface area contributed by atoms with Gasteiger partial charge in [-0.1, -0.05) is 44.2 Å². The molecule has 1 spiro atoms. The average molecular weight is 464 g/mol. The number of nitrogens with zero attached hydrogens (tertiary/aromatic N) is 4. The number of hydrogen-bond acceptors (Lipinski definition) is 5. The number of amides is 2. The Balaban J connectivity index is 1.36. The summed E-state index contributed by atoms with van der Waals surface area (Å²) in [6.07, 6.45) is 10.0. The highest BCUT2D eigenvalue weighted by Crippen LogP contribution is 2.52. The quantitative estimate of drug-likeness (QED) is 0.669. The van der Waals surface area contributed by atoms with Crippen LogP contribution in [0.2, 0.25) is 0 Å². The van der Waals surface area contributed by atoms with Crippen LogP contribution in [0.1, 0.15) is 57.9 Å². The van der Waals surface area contributed by atoms with E-state index in [2.05, 4.69) is 64.6 Å². The van der Waals surface area contributed by atoms with Crippen molar-refractivity contribution in [3.8, 4) is 0 Å². The molecule has 0 bridgehead atoms. The van der Waals surface area contributed by atoms with E-state index in [-0.39, 0.29) is 22.8 Å². The van der Waals surface area contributed by atoms with Gasteiger partial charge in [0.15, 0.2) is 0 Å². The molecule has 182 valence electrons. The lowest BCUT2D eigenvalue weighted by atomic mass is 9.64. The molecule has 0 atom stereocenters. The summed E-state index contributed by atoms with van der Waals surface area (Å²) in [6.45, 7) is 5.25. The van der Waals surface area contributed by atoms with Gasteiger partial charge in [0, 0.05) is 30.5 Å². The lowest BCUT2D eigenvalue weighted by Gasteiger charge is -2.49. The Morgan fingerprint density at radius 3 is 2.35 bits per heavy atom. The molecule has 1 saturated heterocycles. The highest BCUT2D eigenvalue weighted by Gasteiger charge is 2.50. The van der Waals surface area contributed by atoms with Crippen LogP contribution in [0.3, 0.4) is 0 Å². The van der Waals surface area contributed by atoms with Crippen LogP contribution in [0.15, 0.2) is 49.1 Å². The van der Waals surface area contributed by atoms with E-state index in [0.29, 0.717) is 25.1 Å². The monoisotopic (exact) mass is 463 g/mol. The second-order valence-corrected chi connectivity index (χ2v) is 11.0. The first-order chi connectivity index (χ1) is 16.2. The lowest BCUT2D eigenvalue weighted by Crippen LogP contribution is -2.47. The van der Waals surface area contributed by atoms with Crippen LogP contribution in [-0.2, 0) is 15.1 Å². The summed E-state index contributed by atoms with van der Waals surface area (Å²) in [5.74, 6) is 0.143. The van der Waals surface area contributed by atoms with Gasteiger partial charge in [-0.3, -0.25) is 14.5 Å². The van der Waals surface area contributed by atoms with Gasteiger partial charge in [0.1, 0.15) is 6.33 Å². The summed E-state index contributed by atoms with van der Waals surface area (Å²) in [6, 6.07) is 10.8. The summed E-state index contributed by atoms with van der Waals surface area (Å²) >= 11 is 0. The third kappa shape index (κ3) is 4.85. The Morgan fingerprint density at radius 1 is 1.09 bits per heavy atom. The largest absolute Gasteiger partial charge is 0.342 e. The van der Waals surface area contributed by atoms with E-state index in [1.807, 2.05) is 18.7 Å². The number of carbonyl (C=O) groups is 2. The average Bonchev–Trinajstić information content (AvgIpc) is 3.14. The fraction of sp³-hybridized carbons (Fsp3) is 0.556. The molecule has 2 heterocycles. The first-order valence-electron chi connectivity index (χ1n) is 12.2. The van der Waals surface area contributed by atoms with Gasteiger partial charge in [-0.05, 0) is 57.2 Å². The molecule has 7 heteroatoms. The molecule has 0 unspecified atom stereocenters. The number of hydrogen-bond donors (Lipinski definition) is 1. The van der Waals surface area contributed by atoms with Gasteiger partial charge in [0.05, 0.1) is 18.1 Å². The van der Waals surface area contributed by atoms with Crippen LogP contribution in [0, 0.1) is 10.8 Å². The second kappa shape index (κ2) is 9.45. The highest BCUT2D eigenvalue weighted by atomic mass is 16.2. The molecule has 2 amide bonds. The van der Waals surface area contributed by atoms with Crippen molar-refractivity contribution in [1.82, 2.24) is 19.8 Å². The van der Waals surface area contributed by atoms with Gasteiger partial charge in [-0.2, -0.15) is 0 Å². The number of aromatic nitrogens is 2. The number of rotatable bonds is 7. The van der Waals surface area contributed by atoms with Crippen molar-refractivity contribution in [2.75, 3.05) is 32.5 Å². The van der Waals surface area contributed by atoms with Crippen LogP contribution in [0.25, 0.3) is 0 Å². The summed E-state index contributed by atoms with van der Waals surface area (Å²) in [5.41, 5.74) is 1.43. The van der Waals surface area contributed by atoms with Crippen molar-refractivity contribution in [2.24, 2.45) is 10.8 Å². The molecule has 2 aromatic rings. The Hall–Kier alpha value is -2.80. The predicted molar refractivity (Wildman–Crippen MR) is 133 cm³/mol. The number of nitrogens with one attached hydrogen (secondary N) is 1. The van der Waals surface area contributed by atoms with E-state index < -0.39 is 5.41 Å². The van der Waals surface area contributed by atoms with Crippen molar-refractivity contribution < 1.29 is 9.59 Å². The standard InChI is InChI=1S/C27H37N5O2/c1-25(2,24(34)30-22-17-28-20-29-18-22)14-15-32-19-26(16-23(32)33)10-12-27(13-11-26,31(3)4)21-8-6-5-7-9-21/h5-9,17-18,20H,10-16,19H2,1-4H3,(H,30,34). The minimum Gasteiger partial charge on any atom is -0.342 e. The van der Waals surface area contributed by atoms with Crippen LogP contribution < -0.4 is 5.32 Å². The molecule has 4 rings (SSSR count). The van der Waals surface area contributed by atoms with Crippen molar-refractivity contribution in [2.45, 2.75) is 57.9 Å². The SMILES string of the molecule is CN(C)C1(c2ccccc2)CCC2(CC1)CC(=O)N(CCC(C)(C)C(=O)Nc1cncnc1)C2. The summed E-state index contributed by atoms with van der Waals surface area (Å²) in [4.78, 5) is 38.0. The third-order valence-electron chi connectivity index (χ3n) is 8.15. The number of carbonyl (C=O) groups excluding carboxylic acids is 2. The van der Waals surface area contributed by atoms with Gasteiger partial charge in [-0.15, -0.1) is 0 Å². The number of likely N-dealkylation sites (tertiary alicyclic amines) is 1. The third-order valence-corrected chi connectivity index (χ3v) is 8.15. The first-order valence-corrected chi connectivity index (χ1v) is 12.2. The highest BCUT2D eigenvalue weighted by molar-refractivity contribution is 5.94. The maximum Gasteiger partial charge on any atom is 0.230 e. The molecule has 1 saturated carbocycles. The summed E-state index contributed by atoms with van der Waals surface area (Å²) in [5, 5.41) is 2.89. The molecular weight excluding hydrogens is 426 g/mol.